The molecule has 7 rings (SSSR count). The van der Waals surface area contributed by atoms with Crippen LogP contribution in [0.3, 0.4) is 0 Å². The first-order valence-corrected chi connectivity index (χ1v) is 16.6. The van der Waals surface area contributed by atoms with E-state index in [0.29, 0.717) is 48.0 Å². The van der Waals surface area contributed by atoms with Gasteiger partial charge >= 0.3 is 0 Å². The molecule has 0 spiro atoms. The first-order valence-electron chi connectivity index (χ1n) is 16.6. The fraction of sp³-hybridized carbons (Fsp3) is 0.429. The van der Waals surface area contributed by atoms with Crippen molar-refractivity contribution < 1.29 is 15.3 Å². The molecule has 47 heavy (non-hydrogen) atoms. The Bertz CT molecular complexity index is 1700. The number of aromatic nitrogens is 6. The molecule has 1 saturated heterocycles. The summed E-state index contributed by atoms with van der Waals surface area (Å²) in [6.07, 6.45) is 7.01. The molecular weight excluding hydrogens is 594 g/mol. The van der Waals surface area contributed by atoms with Gasteiger partial charge in [0.15, 0.2) is 17.0 Å². The monoisotopic (exact) mass is 637 g/mol. The van der Waals surface area contributed by atoms with Crippen molar-refractivity contribution in [1.29, 1.82) is 0 Å². The highest BCUT2D eigenvalue weighted by molar-refractivity contribution is 5.84. The highest BCUT2D eigenvalue weighted by Gasteiger charge is 2.44. The lowest BCUT2D eigenvalue weighted by Gasteiger charge is -2.26. The maximum Gasteiger partial charge on any atom is 0.226 e. The van der Waals surface area contributed by atoms with Gasteiger partial charge in [0.1, 0.15) is 12.2 Å². The first-order chi connectivity index (χ1) is 23.1. The van der Waals surface area contributed by atoms with E-state index in [9.17, 15) is 15.3 Å². The molecular formula is C35H43N9O3. The molecule has 2 aliphatic rings. The minimum Gasteiger partial charge on any atom is -0.392 e. The quantitative estimate of drug-likeness (QED) is 0.137. The summed E-state index contributed by atoms with van der Waals surface area (Å²) in [6, 6.07) is 19.9. The van der Waals surface area contributed by atoms with Gasteiger partial charge < -0.3 is 35.4 Å². The minimum atomic E-state index is -1.07. The lowest BCUT2D eigenvalue weighted by Crippen LogP contribution is -2.34. The van der Waals surface area contributed by atoms with Crippen LogP contribution in [0.25, 0.3) is 11.2 Å². The number of rotatable bonds is 12. The van der Waals surface area contributed by atoms with E-state index >= 15 is 0 Å². The van der Waals surface area contributed by atoms with Gasteiger partial charge in [0.25, 0.3) is 0 Å². The van der Waals surface area contributed by atoms with E-state index < -0.39 is 24.3 Å². The van der Waals surface area contributed by atoms with Crippen molar-refractivity contribution in [3.63, 3.8) is 0 Å². The number of anilines is 2. The van der Waals surface area contributed by atoms with Crippen molar-refractivity contribution in [2.45, 2.75) is 62.5 Å². The summed E-state index contributed by atoms with van der Waals surface area (Å²) in [6.45, 7) is 4.27. The summed E-state index contributed by atoms with van der Waals surface area (Å²) >= 11 is 0. The van der Waals surface area contributed by atoms with E-state index in [1.165, 1.54) is 30.4 Å². The predicted molar refractivity (Wildman–Crippen MR) is 180 cm³/mol. The van der Waals surface area contributed by atoms with E-state index in [-0.39, 0.29) is 12.5 Å². The van der Waals surface area contributed by atoms with Crippen molar-refractivity contribution in [3.8, 4) is 0 Å². The number of aliphatic hydroxyl groups is 3. The van der Waals surface area contributed by atoms with Gasteiger partial charge in [-0.2, -0.15) is 15.1 Å². The van der Waals surface area contributed by atoms with Gasteiger partial charge in [0, 0.05) is 37.3 Å². The second kappa shape index (κ2) is 14.2. The topological polar surface area (TPSA) is 149 Å². The molecule has 2 fully saturated rings. The molecule has 4 heterocycles. The highest BCUT2D eigenvalue weighted by atomic mass is 16.3. The molecule has 0 amide bonds. The van der Waals surface area contributed by atoms with Crippen LogP contribution in [0, 0.1) is 0 Å². The Morgan fingerprint density at radius 2 is 1.55 bits per heavy atom. The van der Waals surface area contributed by atoms with Crippen LogP contribution in [0.5, 0.6) is 0 Å². The van der Waals surface area contributed by atoms with E-state index in [1.54, 1.807) is 23.4 Å². The summed E-state index contributed by atoms with van der Waals surface area (Å²) in [5.41, 5.74) is 4.21. The van der Waals surface area contributed by atoms with E-state index in [1.807, 2.05) is 16.7 Å². The molecule has 5 N–H and O–H groups in total. The van der Waals surface area contributed by atoms with Gasteiger partial charge in [-0.15, -0.1) is 0 Å². The average Bonchev–Trinajstić information content (AvgIpc) is 3.84. The molecule has 0 radical (unpaired) electrons. The summed E-state index contributed by atoms with van der Waals surface area (Å²) in [7, 11) is 0. The number of imidazole rings is 1. The van der Waals surface area contributed by atoms with Crippen molar-refractivity contribution in [2.75, 3.05) is 43.4 Å². The number of fused-ring (bicyclic) bond motifs is 1. The lowest BCUT2D eigenvalue weighted by atomic mass is 9.91. The molecule has 5 aromatic rings. The number of piperidine rings is 1. The summed E-state index contributed by atoms with van der Waals surface area (Å²) < 4.78 is 3.48. The SMILES string of the molecule is OCc1cnn(C2C[C@@H](n3cnc4c(NCC(c5ccccc5)c5ccccc5)nc(NCCN5CCCCC5)nc43)[C@H](O)[C@@H]2O)c1. The zero-order valence-electron chi connectivity index (χ0n) is 26.4. The second-order valence-corrected chi connectivity index (χ2v) is 12.6. The van der Waals surface area contributed by atoms with Gasteiger partial charge in [-0.25, -0.2) is 4.98 Å². The Labute approximate surface area is 274 Å². The Morgan fingerprint density at radius 3 is 2.23 bits per heavy atom. The smallest absolute Gasteiger partial charge is 0.226 e. The molecule has 1 aliphatic carbocycles. The third-order valence-electron chi connectivity index (χ3n) is 9.61. The van der Waals surface area contributed by atoms with Gasteiger partial charge in [-0.1, -0.05) is 67.1 Å². The van der Waals surface area contributed by atoms with Crippen LogP contribution in [0.1, 0.15) is 60.4 Å². The van der Waals surface area contributed by atoms with Crippen LogP contribution in [0.15, 0.2) is 79.4 Å². The summed E-state index contributed by atoms with van der Waals surface area (Å²) in [5.74, 6) is 1.17. The summed E-state index contributed by atoms with van der Waals surface area (Å²) in [5, 5.41) is 43.3. The number of hydrogen-bond donors (Lipinski definition) is 5. The van der Waals surface area contributed by atoms with Crippen molar-refractivity contribution >= 4 is 22.9 Å². The Kier molecular flexibility index (Phi) is 9.43. The molecule has 0 bridgehead atoms. The van der Waals surface area contributed by atoms with E-state index in [2.05, 4.69) is 69.2 Å². The number of likely N-dealkylation sites (tertiary alicyclic amines) is 1. The van der Waals surface area contributed by atoms with E-state index in [0.717, 1.165) is 19.6 Å². The fourth-order valence-corrected chi connectivity index (χ4v) is 7.03. The average molecular weight is 638 g/mol. The fourth-order valence-electron chi connectivity index (χ4n) is 7.03. The van der Waals surface area contributed by atoms with Crippen LogP contribution in [-0.2, 0) is 6.61 Å². The molecule has 12 heteroatoms. The number of hydrogen-bond acceptors (Lipinski definition) is 10. The molecule has 1 saturated carbocycles. The molecule has 3 aromatic heterocycles. The normalized spacial score (nSPS) is 21.9. The summed E-state index contributed by atoms with van der Waals surface area (Å²) in [4.78, 5) is 17.0. The van der Waals surface area contributed by atoms with Gasteiger partial charge in [-0.05, 0) is 43.5 Å². The molecule has 2 aromatic carbocycles. The van der Waals surface area contributed by atoms with Crippen LogP contribution in [0.2, 0.25) is 0 Å². The zero-order valence-corrected chi connectivity index (χ0v) is 26.4. The zero-order chi connectivity index (χ0) is 32.2. The first kappa shape index (κ1) is 31.3. The van der Waals surface area contributed by atoms with E-state index in [4.69, 9.17) is 15.0 Å². The van der Waals surface area contributed by atoms with Crippen LogP contribution < -0.4 is 10.6 Å². The van der Waals surface area contributed by atoms with Crippen molar-refractivity contribution in [1.82, 2.24) is 34.2 Å². The highest BCUT2D eigenvalue weighted by Crippen LogP contribution is 2.40. The predicted octanol–water partition coefficient (Wildman–Crippen LogP) is 3.56. The Morgan fingerprint density at radius 1 is 0.851 bits per heavy atom. The number of aliphatic hydroxyl groups excluding tert-OH is 3. The second-order valence-electron chi connectivity index (χ2n) is 12.6. The van der Waals surface area contributed by atoms with Crippen LogP contribution >= 0.6 is 0 Å². The molecule has 4 atom stereocenters. The Hall–Kier alpha value is -4.36. The van der Waals surface area contributed by atoms with Gasteiger partial charge in [0.2, 0.25) is 5.95 Å². The molecule has 1 unspecified atom stereocenters. The Balaban J connectivity index is 1.19. The molecule has 1 aliphatic heterocycles. The lowest BCUT2D eigenvalue weighted by molar-refractivity contribution is 0.00720. The van der Waals surface area contributed by atoms with Crippen LogP contribution in [-0.4, -0.2) is 94.5 Å². The molecule has 246 valence electrons. The standard InChI is InChI=1S/C35H43N9O3/c45-22-24-19-39-44(21-24)29-18-28(31(46)32(29)47)43-23-38-30-33(40-35(41-34(30)43)36-14-17-42-15-8-3-9-16-42)37-20-27(25-10-4-1-5-11-25)26-12-6-2-7-13-26/h1-2,4-7,10-13,19,21,23,27-29,31-32,45-47H,3,8-9,14-18,20,22H2,(H2,36,37,40,41)/t28-,29?,31+,32-/m1/s1. The maximum atomic E-state index is 11.3. The largest absolute Gasteiger partial charge is 0.392 e. The maximum absolute atomic E-state index is 11.3. The van der Waals surface area contributed by atoms with Gasteiger partial charge in [0.05, 0.1) is 31.2 Å². The third-order valence-corrected chi connectivity index (χ3v) is 9.61. The number of nitrogens with one attached hydrogen (secondary N) is 2. The minimum absolute atomic E-state index is 0.0745. The van der Waals surface area contributed by atoms with Crippen molar-refractivity contribution in [2.24, 2.45) is 0 Å². The van der Waals surface area contributed by atoms with Crippen LogP contribution in [0.4, 0.5) is 11.8 Å². The third kappa shape index (κ3) is 6.72. The number of benzene rings is 2. The van der Waals surface area contributed by atoms with Gasteiger partial charge in [-0.3, -0.25) is 4.68 Å². The van der Waals surface area contributed by atoms with Crippen molar-refractivity contribution in [3.05, 3.63) is 96.1 Å². The number of nitrogens with zero attached hydrogens (tertiary/aromatic N) is 7. The molecule has 12 nitrogen and oxygen atoms in total.